The van der Waals surface area contributed by atoms with Crippen molar-refractivity contribution in [2.45, 2.75) is 12.8 Å². The molecule has 0 fully saturated rings. The normalized spacial score (nSPS) is 10.2. The molecule has 1 nitrogen and oxygen atoms in total. The molecule has 0 radical (unpaired) electrons. The lowest BCUT2D eigenvalue weighted by atomic mass is 10.1. The third-order valence-electron chi connectivity index (χ3n) is 2.13. The molecule has 0 aliphatic carbocycles. The van der Waals surface area contributed by atoms with Crippen LogP contribution in [0.25, 0.3) is 0 Å². The van der Waals surface area contributed by atoms with Gasteiger partial charge in [0.25, 0.3) is 0 Å². The Morgan fingerprint density at radius 2 is 2.00 bits per heavy atom. The Bertz CT molecular complexity index is 282. The molecule has 0 heterocycles. The molecule has 0 saturated carbocycles. The lowest BCUT2D eigenvalue weighted by molar-refractivity contribution is 0.154. The van der Waals surface area contributed by atoms with Crippen molar-refractivity contribution in [2.24, 2.45) is 0 Å². The van der Waals surface area contributed by atoms with Crippen molar-refractivity contribution in [2.75, 3.05) is 19.0 Å². The van der Waals surface area contributed by atoms with E-state index in [4.69, 9.17) is 4.74 Å². The molecule has 0 unspecified atom stereocenters. The summed E-state index contributed by atoms with van der Waals surface area (Å²) in [5.41, 5.74) is 2.41. The first-order valence-electron chi connectivity index (χ1n) is 5.22. The molecule has 0 aliphatic heterocycles. The van der Waals surface area contributed by atoms with E-state index in [9.17, 15) is 0 Å². The molecule has 1 aromatic rings. The fourth-order valence-electron chi connectivity index (χ4n) is 1.29. The first-order chi connectivity index (χ1) is 7.33. The molecule has 1 rings (SSSR count). The van der Waals surface area contributed by atoms with Gasteiger partial charge in [-0.3, -0.25) is 0 Å². The Hall–Kier alpha value is -0.730. The van der Waals surface area contributed by atoms with Crippen molar-refractivity contribution in [1.29, 1.82) is 0 Å². The van der Waals surface area contributed by atoms with Crippen LogP contribution in [0.2, 0.25) is 0 Å². The van der Waals surface area contributed by atoms with E-state index in [0.717, 1.165) is 25.0 Å². The zero-order valence-electron chi connectivity index (χ0n) is 8.98. The minimum atomic E-state index is 0.637. The zero-order valence-corrected chi connectivity index (χ0v) is 9.88. The van der Waals surface area contributed by atoms with E-state index in [-0.39, 0.29) is 0 Å². The van der Waals surface area contributed by atoms with Crippen LogP contribution in [-0.2, 0) is 11.2 Å². The number of rotatable bonds is 7. The highest BCUT2D eigenvalue weighted by molar-refractivity contribution is 7.80. The van der Waals surface area contributed by atoms with Gasteiger partial charge in [0.2, 0.25) is 0 Å². The van der Waals surface area contributed by atoms with E-state index < -0.39 is 0 Å². The van der Waals surface area contributed by atoms with Crippen LogP contribution in [0.3, 0.4) is 0 Å². The van der Waals surface area contributed by atoms with Crippen LogP contribution in [-0.4, -0.2) is 19.0 Å². The molecule has 0 bridgehead atoms. The molecule has 0 atom stereocenters. The molecule has 0 aromatic heterocycles. The number of benzene rings is 1. The summed E-state index contributed by atoms with van der Waals surface area (Å²) in [6.07, 6.45) is 2.14. The summed E-state index contributed by atoms with van der Waals surface area (Å²) in [6, 6.07) is 10.5. The maximum absolute atomic E-state index is 5.46. The fourth-order valence-corrected chi connectivity index (χ4v) is 1.38. The molecule has 0 amide bonds. The maximum Gasteiger partial charge on any atom is 0.0682 e. The average Bonchev–Trinajstić information content (AvgIpc) is 2.29. The molecule has 0 aliphatic rings. The van der Waals surface area contributed by atoms with Crippen molar-refractivity contribution in [3.8, 4) is 0 Å². The number of hydrogen-bond donors (Lipinski definition) is 1. The van der Waals surface area contributed by atoms with Gasteiger partial charge in [-0.2, -0.15) is 12.6 Å². The molecule has 0 N–H and O–H groups in total. The van der Waals surface area contributed by atoms with Gasteiger partial charge < -0.3 is 4.74 Å². The summed E-state index contributed by atoms with van der Waals surface area (Å²) < 4.78 is 5.46. The topological polar surface area (TPSA) is 9.23 Å². The van der Waals surface area contributed by atoms with Crippen molar-refractivity contribution < 1.29 is 4.74 Å². The molecule has 82 valence electrons. The van der Waals surface area contributed by atoms with Gasteiger partial charge in [-0.25, -0.2) is 0 Å². The quantitative estimate of drug-likeness (QED) is 0.424. The smallest absolute Gasteiger partial charge is 0.0682 e. The Balaban J connectivity index is 2.05. The lowest BCUT2D eigenvalue weighted by Crippen LogP contribution is -2.01. The molecular formula is C13H18OS. The van der Waals surface area contributed by atoms with E-state index in [0.29, 0.717) is 12.4 Å². The Morgan fingerprint density at radius 1 is 1.27 bits per heavy atom. The van der Waals surface area contributed by atoms with E-state index in [2.05, 4.69) is 43.5 Å². The van der Waals surface area contributed by atoms with E-state index in [1.54, 1.807) is 0 Å². The largest absolute Gasteiger partial charge is 0.377 e. The highest BCUT2D eigenvalue weighted by Crippen LogP contribution is 2.03. The average molecular weight is 222 g/mol. The molecule has 0 saturated heterocycles. The van der Waals surface area contributed by atoms with Gasteiger partial charge in [-0.15, -0.1) is 0 Å². The van der Waals surface area contributed by atoms with Gasteiger partial charge in [-0.1, -0.05) is 36.9 Å². The zero-order chi connectivity index (χ0) is 10.9. The summed E-state index contributed by atoms with van der Waals surface area (Å²) in [7, 11) is 0. The predicted molar refractivity (Wildman–Crippen MR) is 68.6 cm³/mol. The summed E-state index contributed by atoms with van der Waals surface area (Å²) in [5, 5.41) is 0. The van der Waals surface area contributed by atoms with E-state index in [1.807, 2.05) is 6.07 Å². The highest BCUT2D eigenvalue weighted by Gasteiger charge is 1.94. The van der Waals surface area contributed by atoms with Crippen molar-refractivity contribution in [3.63, 3.8) is 0 Å². The Labute approximate surface area is 97.6 Å². The Kier molecular flexibility index (Phi) is 6.21. The SMILES string of the molecule is C=C(CS)COCCCc1ccccc1. The van der Waals surface area contributed by atoms with Gasteiger partial charge in [-0.05, 0) is 24.0 Å². The first-order valence-corrected chi connectivity index (χ1v) is 5.85. The fraction of sp³-hybridized carbons (Fsp3) is 0.385. The molecule has 2 heteroatoms. The Morgan fingerprint density at radius 3 is 2.67 bits per heavy atom. The van der Waals surface area contributed by atoms with Crippen LogP contribution in [0.1, 0.15) is 12.0 Å². The molecule has 15 heavy (non-hydrogen) atoms. The molecule has 0 spiro atoms. The van der Waals surface area contributed by atoms with Gasteiger partial charge >= 0.3 is 0 Å². The summed E-state index contributed by atoms with van der Waals surface area (Å²) >= 11 is 4.12. The lowest BCUT2D eigenvalue weighted by Gasteiger charge is -2.04. The number of thiol groups is 1. The monoisotopic (exact) mass is 222 g/mol. The van der Waals surface area contributed by atoms with Crippen LogP contribution in [0.5, 0.6) is 0 Å². The summed E-state index contributed by atoms with van der Waals surface area (Å²) in [5.74, 6) is 0.707. The first kappa shape index (κ1) is 12.3. The van der Waals surface area contributed by atoms with Crippen LogP contribution in [0.15, 0.2) is 42.5 Å². The molecule has 1 aromatic carbocycles. The third kappa shape index (κ3) is 5.65. The summed E-state index contributed by atoms with van der Waals surface area (Å²) in [6.45, 7) is 5.26. The second kappa shape index (κ2) is 7.55. The minimum Gasteiger partial charge on any atom is -0.377 e. The van der Waals surface area contributed by atoms with Crippen LogP contribution < -0.4 is 0 Å². The highest BCUT2D eigenvalue weighted by atomic mass is 32.1. The minimum absolute atomic E-state index is 0.637. The van der Waals surface area contributed by atoms with Gasteiger partial charge in [0.15, 0.2) is 0 Å². The maximum atomic E-state index is 5.46. The van der Waals surface area contributed by atoms with Crippen molar-refractivity contribution >= 4 is 12.6 Å². The van der Waals surface area contributed by atoms with E-state index >= 15 is 0 Å². The van der Waals surface area contributed by atoms with E-state index in [1.165, 1.54) is 5.56 Å². The predicted octanol–water partition coefficient (Wildman–Crippen LogP) is 3.12. The number of hydrogen-bond acceptors (Lipinski definition) is 2. The second-order valence-corrected chi connectivity index (χ2v) is 3.87. The number of aryl methyl sites for hydroxylation is 1. The number of ether oxygens (including phenoxy) is 1. The van der Waals surface area contributed by atoms with Crippen molar-refractivity contribution in [3.05, 3.63) is 48.0 Å². The van der Waals surface area contributed by atoms with Gasteiger partial charge in [0.05, 0.1) is 6.61 Å². The third-order valence-corrected chi connectivity index (χ3v) is 2.57. The van der Waals surface area contributed by atoms with Gasteiger partial charge in [0.1, 0.15) is 0 Å². The van der Waals surface area contributed by atoms with Crippen molar-refractivity contribution in [1.82, 2.24) is 0 Å². The second-order valence-electron chi connectivity index (χ2n) is 3.55. The molecular weight excluding hydrogens is 204 g/mol. The van der Waals surface area contributed by atoms with Crippen LogP contribution >= 0.6 is 12.6 Å². The van der Waals surface area contributed by atoms with Crippen LogP contribution in [0, 0.1) is 0 Å². The standard InChI is InChI=1S/C13H18OS/c1-12(11-15)10-14-9-5-8-13-6-3-2-4-7-13/h2-4,6-7,15H,1,5,8-11H2. The van der Waals surface area contributed by atoms with Crippen LogP contribution in [0.4, 0.5) is 0 Å². The summed E-state index contributed by atoms with van der Waals surface area (Å²) in [4.78, 5) is 0. The van der Waals surface area contributed by atoms with Gasteiger partial charge in [0, 0.05) is 12.4 Å².